The van der Waals surface area contributed by atoms with Crippen molar-refractivity contribution in [3.63, 3.8) is 0 Å². The highest BCUT2D eigenvalue weighted by molar-refractivity contribution is 9.10. The molecule has 220 valence electrons. The SMILES string of the molecule is CNc1nc(Br)ccc1C.COc1cc2c(cc1-c1cnc(C)nc1)c(C(C)=O)nn2CC(=O)N1CC(C)CC1C=O. The third kappa shape index (κ3) is 6.64. The van der Waals surface area contributed by atoms with Crippen molar-refractivity contribution in [2.24, 2.45) is 5.92 Å². The lowest BCUT2D eigenvalue weighted by atomic mass is 10.0. The van der Waals surface area contributed by atoms with Crippen LogP contribution in [-0.2, 0) is 16.1 Å². The molecule has 0 radical (unpaired) electrons. The van der Waals surface area contributed by atoms with E-state index in [2.05, 4.69) is 41.3 Å². The van der Waals surface area contributed by atoms with Gasteiger partial charge in [0.2, 0.25) is 5.91 Å². The number of halogens is 1. The highest BCUT2D eigenvalue weighted by Gasteiger charge is 2.33. The number of Topliss-reactive ketones (excluding diaryl/α,β-unsaturated/α-hetero) is 1. The topological polar surface area (TPSA) is 132 Å². The second kappa shape index (κ2) is 13.2. The Morgan fingerprint density at radius 1 is 1.19 bits per heavy atom. The van der Waals surface area contributed by atoms with Crippen LogP contribution in [0.2, 0.25) is 0 Å². The molecule has 4 heterocycles. The second-order valence-electron chi connectivity index (χ2n) is 10.3. The van der Waals surface area contributed by atoms with E-state index >= 15 is 0 Å². The Labute approximate surface area is 252 Å². The molecule has 1 amide bonds. The molecule has 0 bridgehead atoms. The minimum absolute atomic E-state index is 0.0724. The summed E-state index contributed by atoms with van der Waals surface area (Å²) < 4.78 is 7.97. The molecule has 5 rings (SSSR count). The van der Waals surface area contributed by atoms with Crippen molar-refractivity contribution in [3.05, 3.63) is 58.3 Å². The van der Waals surface area contributed by atoms with Crippen LogP contribution in [-0.4, -0.2) is 74.4 Å². The van der Waals surface area contributed by atoms with Gasteiger partial charge in [0.1, 0.15) is 40.5 Å². The fraction of sp³-hybridized carbons (Fsp3) is 0.367. The number of carbonyl (C=O) groups excluding carboxylic acids is 3. The average Bonchev–Trinajstić information content (AvgIpc) is 3.54. The van der Waals surface area contributed by atoms with E-state index in [9.17, 15) is 14.4 Å². The average molecular weight is 637 g/mol. The van der Waals surface area contributed by atoms with Gasteiger partial charge in [0.05, 0.1) is 18.7 Å². The summed E-state index contributed by atoms with van der Waals surface area (Å²) in [5.74, 6) is 1.97. The third-order valence-electron chi connectivity index (χ3n) is 7.11. The van der Waals surface area contributed by atoms with Crippen molar-refractivity contribution in [1.29, 1.82) is 0 Å². The molecule has 1 aliphatic heterocycles. The molecule has 1 fully saturated rings. The van der Waals surface area contributed by atoms with E-state index in [1.54, 1.807) is 37.4 Å². The quantitative estimate of drug-likeness (QED) is 0.175. The predicted molar refractivity (Wildman–Crippen MR) is 164 cm³/mol. The van der Waals surface area contributed by atoms with Gasteiger partial charge in [0.25, 0.3) is 0 Å². The first-order chi connectivity index (χ1) is 20.1. The number of anilines is 1. The van der Waals surface area contributed by atoms with Crippen LogP contribution in [0, 0.1) is 19.8 Å². The molecular formula is C30H34BrN7O4. The highest BCUT2D eigenvalue weighted by Crippen LogP contribution is 2.35. The standard InChI is InChI=1S/C23H25N5O4.C7H9BrN2/c1-13-5-17(12-29)27(10-13)22(31)11-28-20-7-21(32-4)18(16-8-24-15(3)25-9-16)6-19(20)23(26-28)14(2)30;1-5-3-4-6(8)10-7(5)9-2/h6-9,12-13,17H,5,10-11H2,1-4H3;3-4H,1-2H3,(H,9,10). The van der Waals surface area contributed by atoms with Crippen molar-refractivity contribution in [2.75, 3.05) is 26.0 Å². The Bertz CT molecular complexity index is 1620. The molecule has 1 aliphatic rings. The number of hydrogen-bond donors (Lipinski definition) is 1. The minimum atomic E-state index is -0.422. The molecule has 12 heteroatoms. The number of likely N-dealkylation sites (tertiary alicyclic amines) is 1. The van der Waals surface area contributed by atoms with E-state index in [-0.39, 0.29) is 29.8 Å². The molecule has 4 aromatic rings. The predicted octanol–water partition coefficient (Wildman–Crippen LogP) is 4.64. The molecule has 1 N–H and O–H groups in total. The number of methoxy groups -OCH3 is 1. The van der Waals surface area contributed by atoms with Gasteiger partial charge in [-0.1, -0.05) is 13.0 Å². The van der Waals surface area contributed by atoms with Crippen molar-refractivity contribution >= 4 is 50.6 Å². The number of amides is 1. The largest absolute Gasteiger partial charge is 0.496 e. The maximum absolute atomic E-state index is 13.0. The number of carbonyl (C=O) groups is 3. The van der Waals surface area contributed by atoms with Crippen molar-refractivity contribution < 1.29 is 19.1 Å². The lowest BCUT2D eigenvalue weighted by molar-refractivity contribution is -0.135. The van der Waals surface area contributed by atoms with Crippen molar-refractivity contribution in [3.8, 4) is 16.9 Å². The molecule has 0 spiro atoms. The molecule has 0 saturated carbocycles. The number of nitrogens with zero attached hydrogens (tertiary/aromatic N) is 6. The fourth-order valence-electron chi connectivity index (χ4n) is 4.99. The maximum Gasteiger partial charge on any atom is 0.244 e. The Balaban J connectivity index is 0.000000343. The number of aromatic nitrogens is 5. The number of hydrogen-bond acceptors (Lipinski definition) is 9. The van der Waals surface area contributed by atoms with Crippen LogP contribution in [0.4, 0.5) is 5.82 Å². The van der Waals surface area contributed by atoms with Gasteiger partial charge in [-0.2, -0.15) is 5.10 Å². The molecular weight excluding hydrogens is 602 g/mol. The first-order valence-electron chi connectivity index (χ1n) is 13.5. The zero-order chi connectivity index (χ0) is 30.6. The summed E-state index contributed by atoms with van der Waals surface area (Å²) in [5, 5.41) is 8.05. The van der Waals surface area contributed by atoms with Gasteiger partial charge in [0.15, 0.2) is 5.78 Å². The van der Waals surface area contributed by atoms with Crippen molar-refractivity contribution in [2.45, 2.75) is 46.7 Å². The number of pyridine rings is 1. The molecule has 0 aliphatic carbocycles. The summed E-state index contributed by atoms with van der Waals surface area (Å²) in [5.41, 5.74) is 3.50. The normalized spacial score (nSPS) is 16.1. The van der Waals surface area contributed by atoms with Gasteiger partial charge in [0, 0.05) is 55.5 Å². The summed E-state index contributed by atoms with van der Waals surface area (Å²) in [6.45, 7) is 7.74. The lowest BCUT2D eigenvalue weighted by Crippen LogP contribution is -2.38. The van der Waals surface area contributed by atoms with Gasteiger partial charge in [-0.05, 0) is 59.8 Å². The zero-order valence-corrected chi connectivity index (χ0v) is 26.1. The van der Waals surface area contributed by atoms with E-state index in [0.717, 1.165) is 33.4 Å². The second-order valence-corrected chi connectivity index (χ2v) is 11.1. The van der Waals surface area contributed by atoms with Crippen LogP contribution in [0.3, 0.4) is 0 Å². The van der Waals surface area contributed by atoms with Crippen LogP contribution in [0.1, 0.15) is 42.1 Å². The number of ether oxygens (including phenoxy) is 1. The van der Waals surface area contributed by atoms with E-state index in [1.807, 2.05) is 39.1 Å². The van der Waals surface area contributed by atoms with Crippen LogP contribution in [0.5, 0.6) is 5.75 Å². The van der Waals surface area contributed by atoms with Gasteiger partial charge < -0.3 is 19.7 Å². The molecule has 11 nitrogen and oxygen atoms in total. The Kier molecular flexibility index (Phi) is 9.66. The smallest absolute Gasteiger partial charge is 0.244 e. The van der Waals surface area contributed by atoms with Crippen LogP contribution in [0.15, 0.2) is 41.3 Å². The van der Waals surface area contributed by atoms with Gasteiger partial charge >= 0.3 is 0 Å². The number of nitrogens with one attached hydrogen (secondary N) is 1. The maximum atomic E-state index is 13.0. The first-order valence-corrected chi connectivity index (χ1v) is 14.3. The number of rotatable bonds is 7. The Hall–Kier alpha value is -4.19. The number of benzene rings is 1. The van der Waals surface area contributed by atoms with Crippen LogP contribution < -0.4 is 10.1 Å². The number of aldehydes is 1. The lowest BCUT2D eigenvalue weighted by Gasteiger charge is -2.20. The molecule has 2 unspecified atom stereocenters. The summed E-state index contributed by atoms with van der Waals surface area (Å²) in [6.07, 6.45) is 4.87. The monoisotopic (exact) mass is 635 g/mol. The zero-order valence-electron chi connectivity index (χ0n) is 24.5. The third-order valence-corrected chi connectivity index (χ3v) is 7.55. The number of ketones is 1. The molecule has 1 aromatic carbocycles. The van der Waals surface area contributed by atoms with E-state index in [1.165, 1.54) is 11.6 Å². The summed E-state index contributed by atoms with van der Waals surface area (Å²) in [4.78, 5) is 51.0. The molecule has 42 heavy (non-hydrogen) atoms. The minimum Gasteiger partial charge on any atom is -0.496 e. The van der Waals surface area contributed by atoms with E-state index in [4.69, 9.17) is 4.74 Å². The summed E-state index contributed by atoms with van der Waals surface area (Å²) in [7, 11) is 3.42. The first kappa shape index (κ1) is 30.8. The molecule has 2 atom stereocenters. The van der Waals surface area contributed by atoms with Gasteiger partial charge in [-0.15, -0.1) is 0 Å². The molecule has 3 aromatic heterocycles. The van der Waals surface area contributed by atoms with Gasteiger partial charge in [-0.25, -0.2) is 15.0 Å². The van der Waals surface area contributed by atoms with Crippen LogP contribution in [0.25, 0.3) is 22.0 Å². The van der Waals surface area contributed by atoms with E-state index < -0.39 is 6.04 Å². The van der Waals surface area contributed by atoms with Crippen LogP contribution >= 0.6 is 15.9 Å². The summed E-state index contributed by atoms with van der Waals surface area (Å²) in [6, 6.07) is 7.11. The molecule has 1 saturated heterocycles. The van der Waals surface area contributed by atoms with E-state index in [0.29, 0.717) is 35.4 Å². The Morgan fingerprint density at radius 3 is 2.50 bits per heavy atom. The number of aryl methyl sites for hydroxylation is 2. The highest BCUT2D eigenvalue weighted by atomic mass is 79.9. The Morgan fingerprint density at radius 2 is 1.90 bits per heavy atom. The van der Waals surface area contributed by atoms with Gasteiger partial charge in [-0.3, -0.25) is 14.3 Å². The fourth-order valence-corrected chi connectivity index (χ4v) is 5.29. The number of fused-ring (bicyclic) bond motifs is 1. The summed E-state index contributed by atoms with van der Waals surface area (Å²) >= 11 is 3.29. The van der Waals surface area contributed by atoms with Crippen molar-refractivity contribution in [1.82, 2.24) is 29.6 Å².